The molecule has 100 valence electrons. The van der Waals surface area contributed by atoms with E-state index in [1.54, 1.807) is 13.8 Å². The van der Waals surface area contributed by atoms with Crippen LogP contribution in [0.3, 0.4) is 0 Å². The highest BCUT2D eigenvalue weighted by Gasteiger charge is 2.44. The number of rotatable bonds is 4. The van der Waals surface area contributed by atoms with Gasteiger partial charge < -0.3 is 14.2 Å². The number of esters is 3. The lowest BCUT2D eigenvalue weighted by Gasteiger charge is -2.22. The van der Waals surface area contributed by atoms with E-state index in [1.807, 2.05) is 0 Å². The van der Waals surface area contributed by atoms with Gasteiger partial charge in [0.25, 0.3) is 6.29 Å². The summed E-state index contributed by atoms with van der Waals surface area (Å²) in [6.07, 6.45) is -0.766. The van der Waals surface area contributed by atoms with E-state index in [-0.39, 0.29) is 12.0 Å². The van der Waals surface area contributed by atoms with Crippen LogP contribution in [0.5, 0.6) is 0 Å². The lowest BCUT2D eigenvalue weighted by atomic mass is 9.91. The van der Waals surface area contributed by atoms with Crippen molar-refractivity contribution in [1.82, 2.24) is 0 Å². The third kappa shape index (κ3) is 3.58. The van der Waals surface area contributed by atoms with Crippen LogP contribution in [0.25, 0.3) is 0 Å². The van der Waals surface area contributed by atoms with Gasteiger partial charge >= 0.3 is 17.9 Å². The minimum Gasteiger partial charge on any atom is -0.450 e. The Bertz CT molecular complexity index is 395. The number of hydrogen-bond acceptors (Lipinski definition) is 6. The lowest BCUT2D eigenvalue weighted by molar-refractivity contribution is -0.192. The van der Waals surface area contributed by atoms with Crippen molar-refractivity contribution < 1.29 is 28.6 Å². The van der Waals surface area contributed by atoms with Gasteiger partial charge in [0, 0.05) is 11.0 Å². The number of carbonyl (C=O) groups is 3. The van der Waals surface area contributed by atoms with Crippen LogP contribution in [-0.4, -0.2) is 30.8 Å². The maximum absolute atomic E-state index is 11.4. The highest BCUT2D eigenvalue weighted by molar-refractivity contribution is 5.88. The molecule has 0 bridgehead atoms. The predicted molar refractivity (Wildman–Crippen MR) is 60.1 cm³/mol. The van der Waals surface area contributed by atoms with Crippen molar-refractivity contribution in [1.29, 1.82) is 0 Å². The first-order valence-electron chi connectivity index (χ1n) is 5.44. The van der Waals surface area contributed by atoms with Crippen molar-refractivity contribution in [2.45, 2.75) is 33.5 Å². The van der Waals surface area contributed by atoms with Crippen molar-refractivity contribution in [2.24, 2.45) is 5.41 Å². The van der Waals surface area contributed by atoms with Crippen LogP contribution in [0.1, 0.15) is 27.2 Å². The largest absolute Gasteiger partial charge is 0.450 e. The second kappa shape index (κ2) is 5.20. The van der Waals surface area contributed by atoms with Crippen molar-refractivity contribution in [3.63, 3.8) is 0 Å². The molecule has 0 aliphatic carbocycles. The maximum atomic E-state index is 11.4. The number of carbonyl (C=O) groups excluding carboxylic acids is 3. The van der Waals surface area contributed by atoms with Gasteiger partial charge in [0.05, 0.1) is 6.42 Å². The third-order valence-corrected chi connectivity index (χ3v) is 2.38. The molecule has 1 fully saturated rings. The second-order valence-corrected chi connectivity index (χ2v) is 4.83. The molecule has 0 aromatic rings. The third-order valence-electron chi connectivity index (χ3n) is 2.38. The quantitative estimate of drug-likeness (QED) is 0.550. The molecular weight excluding hydrogens is 240 g/mol. The molecule has 1 aliphatic heterocycles. The highest BCUT2D eigenvalue weighted by Crippen LogP contribution is 2.35. The predicted octanol–water partition coefficient (Wildman–Crippen LogP) is 0.948. The van der Waals surface area contributed by atoms with Gasteiger partial charge in [-0.15, -0.1) is 0 Å². The lowest BCUT2D eigenvalue weighted by Crippen LogP contribution is -2.31. The molecule has 0 aromatic heterocycles. The summed E-state index contributed by atoms with van der Waals surface area (Å²) in [5.74, 6) is -1.86. The molecular formula is C12H16O6. The standard InChI is InChI=1S/C12H16O6/c1-7(2)10(15)16-6-9(14)18-11-12(3,4)5-8(13)17-11/h11H,1,5-6H2,2-4H3. The van der Waals surface area contributed by atoms with E-state index in [9.17, 15) is 14.4 Å². The van der Waals surface area contributed by atoms with Crippen LogP contribution in [0, 0.1) is 5.41 Å². The molecule has 6 nitrogen and oxygen atoms in total. The fourth-order valence-corrected chi connectivity index (χ4v) is 1.36. The molecule has 6 heteroatoms. The summed E-state index contributed by atoms with van der Waals surface area (Å²) in [7, 11) is 0. The Morgan fingerprint density at radius 3 is 2.56 bits per heavy atom. The van der Waals surface area contributed by atoms with Gasteiger partial charge in [0.15, 0.2) is 6.61 Å². The van der Waals surface area contributed by atoms with Gasteiger partial charge in [-0.25, -0.2) is 9.59 Å². The zero-order valence-corrected chi connectivity index (χ0v) is 10.6. The van der Waals surface area contributed by atoms with E-state index in [4.69, 9.17) is 9.47 Å². The first-order chi connectivity index (χ1) is 8.22. The van der Waals surface area contributed by atoms with Crippen LogP contribution in [0.4, 0.5) is 0 Å². The van der Waals surface area contributed by atoms with Crippen molar-refractivity contribution in [3.8, 4) is 0 Å². The fraction of sp³-hybridized carbons (Fsp3) is 0.583. The summed E-state index contributed by atoms with van der Waals surface area (Å²) in [5.41, 5.74) is -0.388. The Morgan fingerprint density at radius 2 is 2.11 bits per heavy atom. The Kier molecular flexibility index (Phi) is 4.11. The van der Waals surface area contributed by atoms with Crippen LogP contribution in [-0.2, 0) is 28.6 Å². The van der Waals surface area contributed by atoms with Crippen molar-refractivity contribution >= 4 is 17.9 Å². The molecule has 1 rings (SSSR count). The molecule has 18 heavy (non-hydrogen) atoms. The average Bonchev–Trinajstić information content (AvgIpc) is 2.48. The molecule has 0 saturated carbocycles. The molecule has 1 unspecified atom stereocenters. The second-order valence-electron chi connectivity index (χ2n) is 4.83. The molecule has 0 amide bonds. The fourth-order valence-electron chi connectivity index (χ4n) is 1.36. The topological polar surface area (TPSA) is 78.9 Å². The molecule has 0 N–H and O–H groups in total. The van der Waals surface area contributed by atoms with Crippen LogP contribution in [0.2, 0.25) is 0 Å². The Hall–Kier alpha value is -1.85. The van der Waals surface area contributed by atoms with E-state index in [0.717, 1.165) is 0 Å². The summed E-state index contributed by atoms with van der Waals surface area (Å²) < 4.78 is 14.4. The Balaban J connectivity index is 2.44. The maximum Gasteiger partial charge on any atom is 0.347 e. The Morgan fingerprint density at radius 1 is 1.50 bits per heavy atom. The summed E-state index contributed by atoms with van der Waals surface area (Å²) in [5, 5.41) is 0. The average molecular weight is 256 g/mol. The summed E-state index contributed by atoms with van der Waals surface area (Å²) in [4.78, 5) is 33.5. The number of cyclic esters (lactones) is 1. The highest BCUT2D eigenvalue weighted by atomic mass is 16.7. The van der Waals surface area contributed by atoms with E-state index >= 15 is 0 Å². The van der Waals surface area contributed by atoms with Gasteiger partial charge in [0.2, 0.25) is 0 Å². The normalized spacial score (nSPS) is 21.1. The van der Waals surface area contributed by atoms with E-state index < -0.39 is 36.2 Å². The zero-order valence-electron chi connectivity index (χ0n) is 10.6. The van der Waals surface area contributed by atoms with Gasteiger partial charge in [-0.2, -0.15) is 0 Å². The molecule has 1 atom stereocenters. The van der Waals surface area contributed by atoms with Crippen LogP contribution < -0.4 is 0 Å². The molecule has 0 radical (unpaired) electrons. The van der Waals surface area contributed by atoms with Crippen molar-refractivity contribution in [3.05, 3.63) is 12.2 Å². The molecule has 1 aliphatic rings. The molecule has 1 heterocycles. The number of ether oxygens (including phenoxy) is 3. The van der Waals surface area contributed by atoms with E-state index in [2.05, 4.69) is 11.3 Å². The minimum absolute atomic E-state index is 0.177. The smallest absolute Gasteiger partial charge is 0.347 e. The number of hydrogen-bond donors (Lipinski definition) is 0. The van der Waals surface area contributed by atoms with Gasteiger partial charge in [-0.05, 0) is 6.92 Å². The Labute approximate surface area is 105 Å². The monoisotopic (exact) mass is 256 g/mol. The summed E-state index contributed by atoms with van der Waals surface area (Å²) in [6.45, 7) is 7.80. The van der Waals surface area contributed by atoms with Gasteiger partial charge in [-0.3, -0.25) is 4.79 Å². The van der Waals surface area contributed by atoms with Crippen LogP contribution in [0.15, 0.2) is 12.2 Å². The van der Waals surface area contributed by atoms with E-state index in [1.165, 1.54) is 6.92 Å². The van der Waals surface area contributed by atoms with Gasteiger partial charge in [0.1, 0.15) is 0 Å². The first-order valence-corrected chi connectivity index (χ1v) is 5.44. The summed E-state index contributed by atoms with van der Waals surface area (Å²) >= 11 is 0. The molecule has 0 aromatic carbocycles. The van der Waals surface area contributed by atoms with Crippen LogP contribution >= 0.6 is 0 Å². The zero-order chi connectivity index (χ0) is 13.9. The first kappa shape index (κ1) is 14.2. The van der Waals surface area contributed by atoms with Crippen molar-refractivity contribution in [2.75, 3.05) is 6.61 Å². The minimum atomic E-state index is -0.943. The molecule has 1 saturated heterocycles. The van der Waals surface area contributed by atoms with E-state index in [0.29, 0.717) is 0 Å². The SMILES string of the molecule is C=C(C)C(=O)OCC(=O)OC1OC(=O)CC1(C)C. The summed E-state index contributed by atoms with van der Waals surface area (Å²) in [6, 6.07) is 0. The molecule has 0 spiro atoms. The van der Waals surface area contributed by atoms with Gasteiger partial charge in [-0.1, -0.05) is 20.4 Å².